The molecule has 0 bridgehead atoms. The Morgan fingerprint density at radius 3 is 2.19 bits per heavy atom. The molecule has 9 heteroatoms. The second-order valence-electron chi connectivity index (χ2n) is 8.69. The standard InChI is InChI=1S/C22H26ClFN2O4S/c1-22(2,3)16-6-4-15(5-7-16)14-25-8-10-26(11-9-25)31(29,30)20-12-17(21(27)28)18(23)13-19(20)24/h4-7,12-13H,8-11,14H2,1-3H3,(H,27,28). The quantitative estimate of drug-likeness (QED) is 0.718. The van der Waals surface area contributed by atoms with Gasteiger partial charge in [0.1, 0.15) is 10.7 Å². The fraction of sp³-hybridized carbons (Fsp3) is 0.409. The van der Waals surface area contributed by atoms with Gasteiger partial charge in [-0.3, -0.25) is 4.90 Å². The highest BCUT2D eigenvalue weighted by atomic mass is 35.5. The predicted molar refractivity (Wildman–Crippen MR) is 118 cm³/mol. The lowest BCUT2D eigenvalue weighted by Gasteiger charge is -2.34. The lowest BCUT2D eigenvalue weighted by Crippen LogP contribution is -2.48. The van der Waals surface area contributed by atoms with Gasteiger partial charge in [0.2, 0.25) is 10.0 Å². The molecule has 1 heterocycles. The normalized spacial score (nSPS) is 16.4. The summed E-state index contributed by atoms with van der Waals surface area (Å²) in [4.78, 5) is 12.7. The minimum Gasteiger partial charge on any atom is -0.478 e. The van der Waals surface area contributed by atoms with E-state index in [4.69, 9.17) is 11.6 Å². The van der Waals surface area contributed by atoms with Gasteiger partial charge in [0.15, 0.2) is 0 Å². The number of aromatic carboxylic acids is 1. The molecule has 1 N–H and O–H groups in total. The molecule has 168 valence electrons. The maximum Gasteiger partial charge on any atom is 0.337 e. The molecule has 6 nitrogen and oxygen atoms in total. The average Bonchev–Trinajstić information content (AvgIpc) is 2.67. The van der Waals surface area contributed by atoms with E-state index in [2.05, 4.69) is 49.9 Å². The van der Waals surface area contributed by atoms with E-state index < -0.39 is 32.3 Å². The Morgan fingerprint density at radius 2 is 1.68 bits per heavy atom. The maximum atomic E-state index is 14.3. The van der Waals surface area contributed by atoms with Gasteiger partial charge in [-0.15, -0.1) is 0 Å². The third-order valence-electron chi connectivity index (χ3n) is 5.43. The number of carboxylic acid groups (broad SMARTS) is 1. The van der Waals surface area contributed by atoms with Crippen LogP contribution in [-0.2, 0) is 22.0 Å². The highest BCUT2D eigenvalue weighted by Crippen LogP contribution is 2.27. The summed E-state index contributed by atoms with van der Waals surface area (Å²) in [5.74, 6) is -2.47. The van der Waals surface area contributed by atoms with E-state index in [0.717, 1.165) is 17.7 Å². The third kappa shape index (κ3) is 5.26. The monoisotopic (exact) mass is 468 g/mol. The number of hydrogen-bond donors (Lipinski definition) is 1. The summed E-state index contributed by atoms with van der Waals surface area (Å²) in [7, 11) is -4.17. The van der Waals surface area contributed by atoms with E-state index in [1.807, 2.05) is 0 Å². The van der Waals surface area contributed by atoms with Crippen molar-refractivity contribution >= 4 is 27.6 Å². The number of benzene rings is 2. The van der Waals surface area contributed by atoms with Gasteiger partial charge in [-0.1, -0.05) is 56.6 Å². The molecule has 1 aliphatic rings. The molecule has 1 fully saturated rings. The molecular weight excluding hydrogens is 443 g/mol. The summed E-state index contributed by atoms with van der Waals surface area (Å²) in [6.45, 7) is 8.51. The van der Waals surface area contributed by atoms with Crippen LogP contribution < -0.4 is 0 Å². The Labute approximate surface area is 187 Å². The largest absolute Gasteiger partial charge is 0.478 e. The van der Waals surface area contributed by atoms with Gasteiger partial charge in [0, 0.05) is 32.7 Å². The van der Waals surface area contributed by atoms with Crippen LogP contribution in [0.5, 0.6) is 0 Å². The number of nitrogens with zero attached hydrogens (tertiary/aromatic N) is 2. The molecule has 0 aromatic heterocycles. The van der Waals surface area contributed by atoms with Crippen molar-refractivity contribution in [2.75, 3.05) is 26.2 Å². The fourth-order valence-electron chi connectivity index (χ4n) is 3.53. The number of halogens is 2. The van der Waals surface area contributed by atoms with Crippen molar-refractivity contribution in [3.63, 3.8) is 0 Å². The molecule has 0 amide bonds. The van der Waals surface area contributed by atoms with Gasteiger partial charge >= 0.3 is 5.97 Å². The first-order valence-electron chi connectivity index (χ1n) is 9.94. The van der Waals surface area contributed by atoms with Crippen molar-refractivity contribution in [1.29, 1.82) is 0 Å². The van der Waals surface area contributed by atoms with Crippen LogP contribution >= 0.6 is 11.6 Å². The molecule has 0 aliphatic carbocycles. The highest BCUT2D eigenvalue weighted by Gasteiger charge is 2.32. The minimum absolute atomic E-state index is 0.0793. The van der Waals surface area contributed by atoms with Crippen LogP contribution in [-0.4, -0.2) is 54.9 Å². The van der Waals surface area contributed by atoms with Crippen LogP contribution in [0.25, 0.3) is 0 Å². The van der Waals surface area contributed by atoms with Crippen LogP contribution in [0, 0.1) is 5.82 Å². The summed E-state index contributed by atoms with van der Waals surface area (Å²) < 4.78 is 41.4. The van der Waals surface area contributed by atoms with Crippen molar-refractivity contribution in [3.05, 3.63) is 63.9 Å². The zero-order valence-electron chi connectivity index (χ0n) is 17.7. The van der Waals surface area contributed by atoms with Gasteiger partial charge in [-0.05, 0) is 28.7 Å². The van der Waals surface area contributed by atoms with Crippen LogP contribution in [0.1, 0.15) is 42.3 Å². The lowest BCUT2D eigenvalue weighted by atomic mass is 9.87. The zero-order valence-corrected chi connectivity index (χ0v) is 19.3. The first-order chi connectivity index (χ1) is 14.4. The van der Waals surface area contributed by atoms with E-state index in [1.54, 1.807) is 0 Å². The smallest absolute Gasteiger partial charge is 0.337 e. The summed E-state index contributed by atoms with van der Waals surface area (Å²) in [5, 5.41) is 8.83. The number of piperazine rings is 1. The third-order valence-corrected chi connectivity index (χ3v) is 7.65. The average molecular weight is 469 g/mol. The molecule has 0 unspecified atom stereocenters. The van der Waals surface area contributed by atoms with Crippen LogP contribution in [0.3, 0.4) is 0 Å². The van der Waals surface area contributed by atoms with E-state index in [-0.39, 0.29) is 23.5 Å². The van der Waals surface area contributed by atoms with Gasteiger partial charge in [0.05, 0.1) is 10.6 Å². The molecule has 0 atom stereocenters. The van der Waals surface area contributed by atoms with Crippen LogP contribution in [0.4, 0.5) is 4.39 Å². The molecule has 1 aliphatic heterocycles. The molecule has 2 aromatic rings. The summed E-state index contributed by atoms with van der Waals surface area (Å²) >= 11 is 5.73. The van der Waals surface area contributed by atoms with Gasteiger partial charge in [0.25, 0.3) is 0 Å². The summed E-state index contributed by atoms with van der Waals surface area (Å²) in [6.07, 6.45) is 0. The van der Waals surface area contributed by atoms with Gasteiger partial charge in [-0.2, -0.15) is 4.31 Å². The molecule has 3 rings (SSSR count). The van der Waals surface area contributed by atoms with Crippen molar-refractivity contribution in [2.45, 2.75) is 37.6 Å². The Hall–Kier alpha value is -2.00. The number of hydrogen-bond acceptors (Lipinski definition) is 4. The first-order valence-corrected chi connectivity index (χ1v) is 11.8. The number of carbonyl (C=O) groups is 1. The Bertz CT molecular complexity index is 1070. The second-order valence-corrected chi connectivity index (χ2v) is 11.0. The Balaban J connectivity index is 1.69. The zero-order chi connectivity index (χ0) is 23.0. The topological polar surface area (TPSA) is 77.9 Å². The minimum atomic E-state index is -4.17. The second kappa shape index (κ2) is 8.86. The number of sulfonamides is 1. The number of rotatable bonds is 5. The van der Waals surface area contributed by atoms with Crippen molar-refractivity contribution in [3.8, 4) is 0 Å². The van der Waals surface area contributed by atoms with Crippen molar-refractivity contribution in [1.82, 2.24) is 9.21 Å². The van der Waals surface area contributed by atoms with Gasteiger partial charge < -0.3 is 5.11 Å². The van der Waals surface area contributed by atoms with Gasteiger partial charge in [-0.25, -0.2) is 17.6 Å². The molecule has 1 saturated heterocycles. The maximum absolute atomic E-state index is 14.3. The van der Waals surface area contributed by atoms with Crippen LogP contribution in [0.2, 0.25) is 5.02 Å². The number of carboxylic acids is 1. The summed E-state index contributed by atoms with van der Waals surface area (Å²) in [6, 6.07) is 9.91. The molecular formula is C22H26ClFN2O4S. The summed E-state index contributed by atoms with van der Waals surface area (Å²) in [5.41, 5.74) is 2.02. The molecule has 31 heavy (non-hydrogen) atoms. The van der Waals surface area contributed by atoms with E-state index in [9.17, 15) is 22.7 Å². The van der Waals surface area contributed by atoms with Crippen LogP contribution in [0.15, 0.2) is 41.3 Å². The van der Waals surface area contributed by atoms with Crippen molar-refractivity contribution < 1.29 is 22.7 Å². The van der Waals surface area contributed by atoms with E-state index in [0.29, 0.717) is 19.6 Å². The molecule has 0 spiro atoms. The van der Waals surface area contributed by atoms with Crippen molar-refractivity contribution in [2.24, 2.45) is 0 Å². The molecule has 0 radical (unpaired) electrons. The molecule has 0 saturated carbocycles. The van der Waals surface area contributed by atoms with E-state index in [1.165, 1.54) is 9.87 Å². The highest BCUT2D eigenvalue weighted by molar-refractivity contribution is 7.89. The Morgan fingerprint density at radius 1 is 1.10 bits per heavy atom. The fourth-order valence-corrected chi connectivity index (χ4v) is 5.25. The molecule has 2 aromatic carbocycles. The lowest BCUT2D eigenvalue weighted by molar-refractivity contribution is 0.0696. The first kappa shape index (κ1) is 23.7. The van der Waals surface area contributed by atoms with E-state index >= 15 is 0 Å². The SMILES string of the molecule is CC(C)(C)c1ccc(CN2CCN(S(=O)(=O)c3cc(C(=O)O)c(Cl)cc3F)CC2)cc1. The Kier molecular flexibility index (Phi) is 6.76. The predicted octanol–water partition coefficient (Wildman–Crippen LogP) is 3.98.